The van der Waals surface area contributed by atoms with E-state index in [1.54, 1.807) is 6.07 Å². The number of halogens is 1. The highest BCUT2D eigenvalue weighted by Crippen LogP contribution is 2.26. The molecule has 5 heteroatoms. The summed E-state index contributed by atoms with van der Waals surface area (Å²) in [6, 6.07) is 5.73. The summed E-state index contributed by atoms with van der Waals surface area (Å²) in [6.45, 7) is 0. The first kappa shape index (κ1) is 9.71. The van der Waals surface area contributed by atoms with E-state index in [1.165, 1.54) is 35.6 Å². The summed E-state index contributed by atoms with van der Waals surface area (Å²) in [4.78, 5) is 24.4. The number of amides is 1. The SMILES string of the molecule is O=C=NC(=O)c1cc2cc(F)ccc2s1. The van der Waals surface area contributed by atoms with Gasteiger partial charge < -0.3 is 0 Å². The lowest BCUT2D eigenvalue weighted by Gasteiger charge is -1.86. The number of isocyanates is 1. The minimum absolute atomic E-state index is 0.305. The third-order valence-electron chi connectivity index (χ3n) is 1.84. The number of fused-ring (bicyclic) bond motifs is 1. The number of hydrogen-bond donors (Lipinski definition) is 0. The monoisotopic (exact) mass is 221 g/mol. The summed E-state index contributed by atoms with van der Waals surface area (Å²) in [5.41, 5.74) is 0. The fourth-order valence-electron chi connectivity index (χ4n) is 1.22. The number of benzene rings is 1. The molecule has 0 saturated carbocycles. The van der Waals surface area contributed by atoms with E-state index in [4.69, 9.17) is 0 Å². The maximum atomic E-state index is 12.8. The van der Waals surface area contributed by atoms with Crippen LogP contribution in [0, 0.1) is 5.82 Å². The third kappa shape index (κ3) is 1.83. The van der Waals surface area contributed by atoms with Crippen LogP contribution in [0.1, 0.15) is 9.67 Å². The normalized spacial score (nSPS) is 9.93. The fraction of sp³-hybridized carbons (Fsp3) is 0. The molecule has 2 aromatic rings. The van der Waals surface area contributed by atoms with Crippen LogP contribution in [0.15, 0.2) is 29.3 Å². The molecule has 3 nitrogen and oxygen atoms in total. The van der Waals surface area contributed by atoms with Crippen LogP contribution in [0.2, 0.25) is 0 Å². The number of rotatable bonds is 1. The molecule has 0 aliphatic heterocycles. The summed E-state index contributed by atoms with van der Waals surface area (Å²) >= 11 is 1.17. The first-order valence-corrected chi connectivity index (χ1v) is 4.83. The first-order chi connectivity index (χ1) is 7.20. The van der Waals surface area contributed by atoms with Crippen molar-refractivity contribution in [1.29, 1.82) is 0 Å². The molecule has 2 rings (SSSR count). The predicted molar refractivity (Wildman–Crippen MR) is 54.2 cm³/mol. The Bertz CT molecular complexity index is 584. The van der Waals surface area contributed by atoms with Gasteiger partial charge in [0.05, 0.1) is 4.88 Å². The summed E-state index contributed by atoms with van der Waals surface area (Å²) < 4.78 is 13.6. The van der Waals surface area contributed by atoms with Gasteiger partial charge in [0.1, 0.15) is 5.82 Å². The molecule has 1 aromatic carbocycles. The lowest BCUT2D eigenvalue weighted by molar-refractivity contribution is 0.101. The van der Waals surface area contributed by atoms with Crippen molar-refractivity contribution < 1.29 is 14.0 Å². The Morgan fingerprint density at radius 3 is 2.93 bits per heavy atom. The second kappa shape index (κ2) is 3.73. The van der Waals surface area contributed by atoms with Crippen molar-refractivity contribution in [3.05, 3.63) is 35.0 Å². The molecule has 0 atom stereocenters. The Hall–Kier alpha value is -1.84. The van der Waals surface area contributed by atoms with E-state index >= 15 is 0 Å². The van der Waals surface area contributed by atoms with Gasteiger partial charge in [0.2, 0.25) is 6.08 Å². The molecular formula is C10H4FNO2S. The van der Waals surface area contributed by atoms with Crippen molar-refractivity contribution in [3.8, 4) is 0 Å². The number of carbonyl (C=O) groups is 1. The Morgan fingerprint density at radius 2 is 2.20 bits per heavy atom. The van der Waals surface area contributed by atoms with E-state index < -0.39 is 5.91 Å². The third-order valence-corrected chi connectivity index (χ3v) is 2.94. The topological polar surface area (TPSA) is 46.5 Å². The Labute approximate surface area is 87.9 Å². The molecule has 1 aromatic heterocycles. The van der Waals surface area contributed by atoms with Gasteiger partial charge in [-0.05, 0) is 29.7 Å². The number of carbonyl (C=O) groups excluding carboxylic acids is 2. The quantitative estimate of drug-likeness (QED) is 0.548. The number of aliphatic imine (C=N–C) groups is 1. The highest BCUT2D eigenvalue weighted by molar-refractivity contribution is 7.20. The predicted octanol–water partition coefficient (Wildman–Crippen LogP) is 2.52. The lowest BCUT2D eigenvalue weighted by Crippen LogP contribution is -1.87. The maximum Gasteiger partial charge on any atom is 0.297 e. The van der Waals surface area contributed by atoms with Crippen LogP contribution in [0.25, 0.3) is 10.1 Å². The molecular weight excluding hydrogens is 217 g/mol. The van der Waals surface area contributed by atoms with E-state index in [0.29, 0.717) is 10.3 Å². The lowest BCUT2D eigenvalue weighted by atomic mass is 10.2. The van der Waals surface area contributed by atoms with Gasteiger partial charge in [-0.25, -0.2) is 9.18 Å². The van der Waals surface area contributed by atoms with Crippen LogP contribution in [-0.4, -0.2) is 12.0 Å². The zero-order chi connectivity index (χ0) is 10.8. The summed E-state index contributed by atoms with van der Waals surface area (Å²) in [5, 5.41) is 0.629. The zero-order valence-corrected chi connectivity index (χ0v) is 8.18. The average molecular weight is 221 g/mol. The minimum atomic E-state index is -0.647. The Balaban J connectivity index is 2.56. The van der Waals surface area contributed by atoms with E-state index in [-0.39, 0.29) is 5.82 Å². The summed E-state index contributed by atoms with van der Waals surface area (Å²) in [6.07, 6.45) is 1.18. The fourth-order valence-corrected chi connectivity index (χ4v) is 2.14. The smallest absolute Gasteiger partial charge is 0.265 e. The van der Waals surface area contributed by atoms with Gasteiger partial charge in [-0.2, -0.15) is 0 Å². The van der Waals surface area contributed by atoms with Gasteiger partial charge in [-0.1, -0.05) is 0 Å². The maximum absolute atomic E-state index is 12.8. The first-order valence-electron chi connectivity index (χ1n) is 4.02. The van der Waals surface area contributed by atoms with Crippen LogP contribution in [0.3, 0.4) is 0 Å². The minimum Gasteiger partial charge on any atom is -0.265 e. The molecule has 0 aliphatic rings. The molecule has 15 heavy (non-hydrogen) atoms. The molecule has 0 saturated heterocycles. The second-order valence-electron chi connectivity index (χ2n) is 2.80. The zero-order valence-electron chi connectivity index (χ0n) is 7.36. The van der Waals surface area contributed by atoms with Crippen molar-refractivity contribution in [2.45, 2.75) is 0 Å². The largest absolute Gasteiger partial charge is 0.297 e. The molecule has 74 valence electrons. The van der Waals surface area contributed by atoms with Gasteiger partial charge in [0.15, 0.2) is 0 Å². The van der Waals surface area contributed by atoms with Crippen molar-refractivity contribution in [2.24, 2.45) is 4.99 Å². The number of thiophene rings is 1. The number of hydrogen-bond acceptors (Lipinski definition) is 3. The van der Waals surface area contributed by atoms with Gasteiger partial charge in [-0.3, -0.25) is 4.79 Å². The van der Waals surface area contributed by atoms with Gasteiger partial charge in [0.25, 0.3) is 5.91 Å². The van der Waals surface area contributed by atoms with Gasteiger partial charge in [-0.15, -0.1) is 16.3 Å². The molecule has 0 bridgehead atoms. The average Bonchev–Trinajstić information content (AvgIpc) is 2.60. The molecule has 0 unspecified atom stereocenters. The van der Waals surface area contributed by atoms with Crippen LogP contribution >= 0.6 is 11.3 Å². The standard InChI is InChI=1S/C10H4FNO2S/c11-7-1-2-8-6(3-7)4-9(15-8)10(14)12-5-13/h1-4H. The van der Waals surface area contributed by atoms with Crippen molar-refractivity contribution in [2.75, 3.05) is 0 Å². The van der Waals surface area contributed by atoms with Crippen molar-refractivity contribution >= 4 is 33.4 Å². The van der Waals surface area contributed by atoms with Crippen molar-refractivity contribution in [1.82, 2.24) is 0 Å². The van der Waals surface area contributed by atoms with E-state index in [0.717, 1.165) is 4.70 Å². The molecule has 0 aliphatic carbocycles. The van der Waals surface area contributed by atoms with Crippen LogP contribution in [0.5, 0.6) is 0 Å². The van der Waals surface area contributed by atoms with E-state index in [1.807, 2.05) is 0 Å². The van der Waals surface area contributed by atoms with Crippen molar-refractivity contribution in [3.63, 3.8) is 0 Å². The van der Waals surface area contributed by atoms with Gasteiger partial charge in [0, 0.05) is 4.70 Å². The molecule has 0 fully saturated rings. The molecule has 1 heterocycles. The second-order valence-corrected chi connectivity index (χ2v) is 3.88. The van der Waals surface area contributed by atoms with Crippen LogP contribution < -0.4 is 0 Å². The van der Waals surface area contributed by atoms with E-state index in [2.05, 4.69) is 4.99 Å². The van der Waals surface area contributed by atoms with Crippen LogP contribution in [0.4, 0.5) is 4.39 Å². The highest BCUT2D eigenvalue weighted by atomic mass is 32.1. The molecule has 1 amide bonds. The molecule has 0 spiro atoms. The van der Waals surface area contributed by atoms with Gasteiger partial charge >= 0.3 is 0 Å². The van der Waals surface area contributed by atoms with Crippen LogP contribution in [-0.2, 0) is 4.79 Å². The number of nitrogens with zero attached hydrogens (tertiary/aromatic N) is 1. The Kier molecular flexibility index (Phi) is 2.41. The molecule has 0 radical (unpaired) electrons. The summed E-state index contributed by atoms with van der Waals surface area (Å²) in [5.74, 6) is -1.01. The Morgan fingerprint density at radius 1 is 1.40 bits per heavy atom. The highest BCUT2D eigenvalue weighted by Gasteiger charge is 2.09. The molecule has 0 N–H and O–H groups in total. The van der Waals surface area contributed by atoms with E-state index in [9.17, 15) is 14.0 Å². The summed E-state index contributed by atoms with van der Waals surface area (Å²) in [7, 11) is 0.